The Morgan fingerprint density at radius 2 is 1.97 bits per heavy atom. The van der Waals surface area contributed by atoms with Crippen LogP contribution in [0.2, 0.25) is 0 Å². The Morgan fingerprint density at radius 3 is 2.60 bits per heavy atom. The number of nitrogens with two attached hydrogens (primary N) is 1. The van der Waals surface area contributed by atoms with Gasteiger partial charge in [-0.05, 0) is 57.4 Å². The summed E-state index contributed by atoms with van der Waals surface area (Å²) in [6.45, 7) is 5.17. The fourth-order valence-corrected chi connectivity index (χ4v) is 4.81. The summed E-state index contributed by atoms with van der Waals surface area (Å²) in [5, 5.41) is 8.29. The van der Waals surface area contributed by atoms with Gasteiger partial charge in [0.05, 0.1) is 11.1 Å². The van der Waals surface area contributed by atoms with Crippen molar-refractivity contribution in [3.63, 3.8) is 0 Å². The molecule has 1 aliphatic heterocycles. The lowest BCUT2D eigenvalue weighted by molar-refractivity contribution is -0.133. The van der Waals surface area contributed by atoms with Gasteiger partial charge in [-0.15, -0.1) is 0 Å². The molecule has 1 amide bonds. The molecule has 0 radical (unpaired) electrons. The smallest absolute Gasteiger partial charge is 0.272 e. The first-order chi connectivity index (χ1) is 14.1. The number of carbonyl (C=O) groups excluding carboxylic acids is 1. The quantitative estimate of drug-likeness (QED) is 0.761. The van der Waals surface area contributed by atoms with Crippen molar-refractivity contribution in [2.45, 2.75) is 63.0 Å². The highest BCUT2D eigenvalue weighted by Crippen LogP contribution is 2.40. The zero-order valence-corrected chi connectivity index (χ0v) is 18.0. The lowest BCUT2D eigenvalue weighted by Crippen LogP contribution is -2.55. The first kappa shape index (κ1) is 20.5. The van der Waals surface area contributed by atoms with Crippen LogP contribution in [0, 0.1) is 6.92 Å². The predicted octanol–water partition coefficient (Wildman–Crippen LogP) is 2.62. The number of hydrogen-bond donors (Lipinski definition) is 2. The van der Waals surface area contributed by atoms with Gasteiger partial charge in [-0.25, -0.2) is 18.5 Å². The Morgan fingerprint density at radius 1 is 1.27 bits per heavy atom. The number of anilines is 3. The number of aromatic nitrogens is 2. The number of nitrogens with one attached hydrogen (secondary N) is 1. The number of aryl methyl sites for hydroxylation is 1. The van der Waals surface area contributed by atoms with E-state index in [1.165, 1.54) is 6.07 Å². The molecule has 9 nitrogen and oxygen atoms in total. The highest BCUT2D eigenvalue weighted by molar-refractivity contribution is 7.89. The van der Waals surface area contributed by atoms with Gasteiger partial charge in [-0.2, -0.15) is 4.98 Å². The summed E-state index contributed by atoms with van der Waals surface area (Å²) in [6.07, 6.45) is 5.59. The van der Waals surface area contributed by atoms with Crippen LogP contribution in [-0.2, 0) is 14.8 Å². The van der Waals surface area contributed by atoms with Crippen molar-refractivity contribution in [1.29, 1.82) is 0 Å². The van der Waals surface area contributed by atoms with Crippen molar-refractivity contribution in [3.8, 4) is 5.75 Å². The topological polar surface area (TPSA) is 128 Å². The van der Waals surface area contributed by atoms with Crippen molar-refractivity contribution >= 4 is 33.4 Å². The van der Waals surface area contributed by atoms with Gasteiger partial charge in [0.1, 0.15) is 0 Å². The number of nitrogens with zero attached hydrogens (tertiary/aromatic N) is 3. The van der Waals surface area contributed by atoms with Gasteiger partial charge in [-0.3, -0.25) is 9.69 Å². The molecule has 1 saturated carbocycles. The maximum Gasteiger partial charge on any atom is 0.272 e. The standard InChI is InChI=1S/C20H25N5O4S/c1-12-10-13(8-9-16(12)30(21,27)28)23-19-22-11-15-17(24-19)25(14-6-4-5-7-14)18(26)20(2,3)29-15/h8-11,14H,4-7H2,1-3H3,(H2,21,27,28)(H,22,23,24). The first-order valence-corrected chi connectivity index (χ1v) is 11.4. The van der Waals surface area contributed by atoms with E-state index >= 15 is 0 Å². The Labute approximate surface area is 175 Å². The van der Waals surface area contributed by atoms with Gasteiger partial charge in [-0.1, -0.05) is 12.8 Å². The normalized spacial score (nSPS) is 18.8. The summed E-state index contributed by atoms with van der Waals surface area (Å²) in [7, 11) is -3.79. The van der Waals surface area contributed by atoms with Crippen LogP contribution in [0.15, 0.2) is 29.3 Å². The van der Waals surface area contributed by atoms with E-state index in [1.807, 2.05) is 0 Å². The first-order valence-electron chi connectivity index (χ1n) is 9.86. The molecule has 1 aliphatic carbocycles. The second kappa shape index (κ2) is 7.21. The highest BCUT2D eigenvalue weighted by atomic mass is 32.2. The van der Waals surface area contributed by atoms with Crippen molar-refractivity contribution in [1.82, 2.24) is 9.97 Å². The van der Waals surface area contributed by atoms with E-state index in [4.69, 9.17) is 9.88 Å². The molecule has 160 valence electrons. The molecule has 30 heavy (non-hydrogen) atoms. The predicted molar refractivity (Wildman–Crippen MR) is 112 cm³/mol. The summed E-state index contributed by atoms with van der Waals surface area (Å²) < 4.78 is 29.1. The molecule has 0 spiro atoms. The third kappa shape index (κ3) is 3.72. The average molecular weight is 432 g/mol. The molecule has 2 aliphatic rings. The van der Waals surface area contributed by atoms with Gasteiger partial charge in [0, 0.05) is 11.7 Å². The SMILES string of the molecule is Cc1cc(Nc2ncc3c(n2)N(C2CCCC2)C(=O)C(C)(C)O3)ccc1S(N)(=O)=O. The van der Waals surface area contributed by atoms with Crippen LogP contribution >= 0.6 is 0 Å². The van der Waals surface area contributed by atoms with Crippen LogP contribution < -0.4 is 20.1 Å². The molecule has 2 aromatic rings. The van der Waals surface area contributed by atoms with Gasteiger partial charge >= 0.3 is 0 Å². The molecular formula is C20H25N5O4S. The minimum atomic E-state index is -3.79. The zero-order valence-electron chi connectivity index (χ0n) is 17.2. The molecule has 0 saturated heterocycles. The maximum absolute atomic E-state index is 13.1. The number of amides is 1. The monoisotopic (exact) mass is 431 g/mol. The van der Waals surface area contributed by atoms with Crippen LogP contribution in [0.4, 0.5) is 17.5 Å². The number of hydrogen-bond acceptors (Lipinski definition) is 7. The van der Waals surface area contributed by atoms with Crippen LogP contribution in [0.1, 0.15) is 45.1 Å². The van der Waals surface area contributed by atoms with Crippen molar-refractivity contribution in [2.24, 2.45) is 5.14 Å². The molecule has 1 fully saturated rings. The fraction of sp³-hybridized carbons (Fsp3) is 0.450. The average Bonchev–Trinajstić information content (AvgIpc) is 3.16. The molecule has 0 atom stereocenters. The van der Waals surface area contributed by atoms with Crippen LogP contribution in [0.3, 0.4) is 0 Å². The highest BCUT2D eigenvalue weighted by Gasteiger charge is 2.45. The molecule has 1 aromatic heterocycles. The molecule has 0 unspecified atom stereocenters. The van der Waals surface area contributed by atoms with Crippen molar-refractivity contribution in [3.05, 3.63) is 30.0 Å². The molecule has 1 aromatic carbocycles. The van der Waals surface area contributed by atoms with Crippen LogP contribution in [0.25, 0.3) is 0 Å². The molecule has 2 heterocycles. The van der Waals surface area contributed by atoms with Gasteiger partial charge in [0.15, 0.2) is 17.2 Å². The summed E-state index contributed by atoms with van der Waals surface area (Å²) >= 11 is 0. The van der Waals surface area contributed by atoms with Crippen molar-refractivity contribution < 1.29 is 17.9 Å². The Kier molecular flexibility index (Phi) is 4.94. The second-order valence-electron chi connectivity index (χ2n) is 8.26. The van der Waals surface area contributed by atoms with E-state index in [1.54, 1.807) is 44.0 Å². The molecule has 3 N–H and O–H groups in total. The Balaban J connectivity index is 1.68. The number of rotatable bonds is 4. The Bertz CT molecular complexity index is 1110. The van der Waals surface area contributed by atoms with Crippen molar-refractivity contribution in [2.75, 3.05) is 10.2 Å². The molecule has 4 rings (SSSR count). The van der Waals surface area contributed by atoms with E-state index < -0.39 is 15.6 Å². The van der Waals surface area contributed by atoms with E-state index in [2.05, 4.69) is 15.3 Å². The molecular weight excluding hydrogens is 406 g/mol. The molecule has 10 heteroatoms. The Hall–Kier alpha value is -2.72. The largest absolute Gasteiger partial charge is 0.472 e. The van der Waals surface area contributed by atoms with Crippen LogP contribution in [-0.4, -0.2) is 35.9 Å². The lowest BCUT2D eigenvalue weighted by Gasteiger charge is -2.40. The van der Waals surface area contributed by atoms with Gasteiger partial charge in [0.25, 0.3) is 5.91 Å². The molecule has 0 bridgehead atoms. The third-order valence-electron chi connectivity index (χ3n) is 5.49. The van der Waals surface area contributed by atoms with Gasteiger partial charge in [0.2, 0.25) is 16.0 Å². The third-order valence-corrected chi connectivity index (χ3v) is 6.56. The number of sulfonamides is 1. The summed E-state index contributed by atoms with van der Waals surface area (Å²) in [4.78, 5) is 23.8. The summed E-state index contributed by atoms with van der Waals surface area (Å²) in [5.74, 6) is 1.11. The number of ether oxygens (including phenoxy) is 1. The minimum absolute atomic E-state index is 0.0630. The van der Waals surface area contributed by atoms with E-state index in [-0.39, 0.29) is 22.8 Å². The van der Waals surface area contributed by atoms with Gasteiger partial charge < -0.3 is 10.1 Å². The minimum Gasteiger partial charge on any atom is -0.472 e. The fourth-order valence-electron chi connectivity index (χ4n) is 4.05. The van der Waals surface area contributed by atoms with E-state index in [0.29, 0.717) is 22.8 Å². The second-order valence-corrected chi connectivity index (χ2v) is 9.79. The summed E-state index contributed by atoms with van der Waals surface area (Å²) in [5.41, 5.74) is 0.137. The number of carbonyl (C=O) groups is 1. The van der Waals surface area contributed by atoms with E-state index in [9.17, 15) is 13.2 Å². The zero-order chi connectivity index (χ0) is 21.7. The summed E-state index contributed by atoms with van der Waals surface area (Å²) in [6, 6.07) is 4.78. The number of primary sulfonamides is 1. The van der Waals surface area contributed by atoms with Crippen LogP contribution in [0.5, 0.6) is 5.75 Å². The lowest BCUT2D eigenvalue weighted by atomic mass is 10.0. The maximum atomic E-state index is 13.1. The number of fused-ring (bicyclic) bond motifs is 1. The van der Waals surface area contributed by atoms with E-state index in [0.717, 1.165) is 25.7 Å². The number of benzene rings is 1.